The van der Waals surface area contributed by atoms with E-state index >= 15 is 0 Å². The molecular weight excluding hydrogens is 189 g/mol. The fourth-order valence-corrected chi connectivity index (χ4v) is 1.32. The number of halogens is 1. The normalized spacial score (nSPS) is 30.9. The molecule has 0 aromatic heterocycles. The Morgan fingerprint density at radius 2 is 2.33 bits per heavy atom. The fraction of sp³-hybridized carbons (Fsp3) is 0.600. The molecule has 70 valence electrons. The molecule has 1 aliphatic heterocycles. The van der Waals surface area contributed by atoms with Gasteiger partial charge in [0, 0.05) is 0 Å². The molecule has 0 aromatic rings. The van der Waals surface area contributed by atoms with Crippen molar-refractivity contribution in [1.82, 2.24) is 4.90 Å². The highest BCUT2D eigenvalue weighted by Crippen LogP contribution is 2.30. The first-order valence-electron chi connectivity index (χ1n) is 3.00. The summed E-state index contributed by atoms with van der Waals surface area (Å²) in [5.74, 6) is 0. The fourth-order valence-electron chi connectivity index (χ4n) is 0.722. The van der Waals surface area contributed by atoms with Gasteiger partial charge in [-0.05, 0) is 14.1 Å². The summed E-state index contributed by atoms with van der Waals surface area (Å²) in [6.07, 6.45) is 0.647. The van der Waals surface area contributed by atoms with E-state index in [1.165, 1.54) is 14.1 Å². The number of hydrogen-bond acceptors (Lipinski definition) is 4. The van der Waals surface area contributed by atoms with E-state index in [4.69, 9.17) is 4.55 Å². The molecule has 2 unspecified atom stereocenters. The Hall–Kier alpha value is -0.660. The predicted octanol–water partition coefficient (Wildman–Crippen LogP) is 0.196. The van der Waals surface area contributed by atoms with Crippen LogP contribution in [0, 0.1) is 0 Å². The third kappa shape index (κ3) is 1.30. The van der Waals surface area contributed by atoms with E-state index in [0.29, 0.717) is 6.26 Å². The molecule has 0 aliphatic carbocycles. The molecule has 0 radical (unpaired) electrons. The van der Waals surface area contributed by atoms with Gasteiger partial charge in [-0.15, -0.1) is 0 Å². The van der Waals surface area contributed by atoms with E-state index in [1.807, 2.05) is 0 Å². The van der Waals surface area contributed by atoms with Crippen LogP contribution in [0.2, 0.25) is 0 Å². The molecular formula is C5H8FNO4S. The minimum absolute atomic E-state index is 0.647. The second-order valence-corrected chi connectivity index (χ2v) is 3.32. The Morgan fingerprint density at radius 3 is 2.50 bits per heavy atom. The number of hydrogen-bond donors (Lipinski definition) is 1. The third-order valence-electron chi connectivity index (χ3n) is 1.30. The largest absolute Gasteiger partial charge is 0.429 e. The van der Waals surface area contributed by atoms with Crippen molar-refractivity contribution in [2.45, 2.75) is 5.24 Å². The summed E-state index contributed by atoms with van der Waals surface area (Å²) in [6, 6.07) is -1.02. The molecule has 5 nitrogen and oxygen atoms in total. The summed E-state index contributed by atoms with van der Waals surface area (Å²) in [4.78, 5) is 1.16. The number of ether oxygens (including phenoxy) is 2. The van der Waals surface area contributed by atoms with Crippen molar-refractivity contribution in [2.24, 2.45) is 0 Å². The molecule has 0 bridgehead atoms. The molecule has 0 saturated heterocycles. The first kappa shape index (κ1) is 9.43. The lowest BCUT2D eigenvalue weighted by atomic mass is 10.8. The van der Waals surface area contributed by atoms with Crippen molar-refractivity contribution in [3.05, 3.63) is 12.3 Å². The van der Waals surface area contributed by atoms with Gasteiger partial charge in [-0.25, -0.2) is 9.11 Å². The van der Waals surface area contributed by atoms with Gasteiger partial charge in [0.15, 0.2) is 6.26 Å². The highest BCUT2D eigenvalue weighted by molar-refractivity contribution is 7.80. The van der Waals surface area contributed by atoms with Crippen LogP contribution in [-0.4, -0.2) is 33.0 Å². The molecule has 0 saturated carbocycles. The van der Waals surface area contributed by atoms with Gasteiger partial charge in [0.1, 0.15) is 0 Å². The summed E-state index contributed by atoms with van der Waals surface area (Å²) >= 11 is -2.46. The van der Waals surface area contributed by atoms with Gasteiger partial charge in [-0.3, -0.25) is 4.55 Å². The van der Waals surface area contributed by atoms with Gasteiger partial charge in [0.25, 0.3) is 11.1 Å². The average molecular weight is 197 g/mol. The topological polar surface area (TPSA) is 59.0 Å². The number of nitrogens with zero attached hydrogens (tertiary/aromatic N) is 1. The maximum atomic E-state index is 12.4. The average Bonchev–Trinajstić information content (AvgIpc) is 2.32. The molecule has 0 amide bonds. The lowest BCUT2D eigenvalue weighted by Gasteiger charge is -2.28. The van der Waals surface area contributed by atoms with Gasteiger partial charge in [-0.2, -0.15) is 4.39 Å². The van der Waals surface area contributed by atoms with Crippen molar-refractivity contribution >= 4 is 11.1 Å². The van der Waals surface area contributed by atoms with Crippen LogP contribution in [0.15, 0.2) is 12.3 Å². The van der Waals surface area contributed by atoms with Crippen LogP contribution < -0.4 is 0 Å². The van der Waals surface area contributed by atoms with E-state index in [2.05, 4.69) is 9.47 Å². The zero-order chi connectivity index (χ0) is 9.35. The molecule has 1 N–H and O–H groups in total. The lowest BCUT2D eigenvalue weighted by molar-refractivity contribution is -0.174. The summed E-state index contributed by atoms with van der Waals surface area (Å²) in [6.45, 7) is 0. The maximum Gasteiger partial charge on any atom is 0.425 e. The van der Waals surface area contributed by atoms with Gasteiger partial charge in [-0.1, -0.05) is 0 Å². The van der Waals surface area contributed by atoms with Gasteiger partial charge in [0.2, 0.25) is 0 Å². The highest BCUT2D eigenvalue weighted by atomic mass is 32.2. The first-order chi connectivity index (χ1) is 5.49. The second kappa shape index (κ2) is 3.00. The van der Waals surface area contributed by atoms with Gasteiger partial charge < -0.3 is 9.47 Å². The molecule has 0 aromatic carbocycles. The van der Waals surface area contributed by atoms with Crippen LogP contribution in [-0.2, 0) is 20.6 Å². The van der Waals surface area contributed by atoms with Crippen LogP contribution in [0.4, 0.5) is 4.39 Å². The molecule has 2 atom stereocenters. The zero-order valence-corrected chi connectivity index (χ0v) is 7.30. The Labute approximate surface area is 71.0 Å². The maximum absolute atomic E-state index is 12.4. The van der Waals surface area contributed by atoms with Crippen LogP contribution in [0.3, 0.4) is 0 Å². The van der Waals surface area contributed by atoms with E-state index in [1.54, 1.807) is 0 Å². The minimum atomic E-state index is -2.46. The summed E-state index contributed by atoms with van der Waals surface area (Å²) in [5.41, 5.74) is 0. The Bertz CT molecular complexity index is 244. The summed E-state index contributed by atoms with van der Waals surface area (Å²) < 4.78 is 40.9. The van der Waals surface area contributed by atoms with Crippen molar-refractivity contribution in [3.8, 4) is 0 Å². The molecule has 0 fully saturated rings. The second-order valence-electron chi connectivity index (χ2n) is 2.31. The minimum Gasteiger partial charge on any atom is -0.429 e. The van der Waals surface area contributed by atoms with E-state index in [-0.39, 0.29) is 0 Å². The van der Waals surface area contributed by atoms with Crippen molar-refractivity contribution in [2.75, 3.05) is 14.1 Å². The van der Waals surface area contributed by atoms with Gasteiger partial charge >= 0.3 is 11.3 Å². The number of rotatable bonds is 2. The first-order valence-corrected chi connectivity index (χ1v) is 4.10. The zero-order valence-electron chi connectivity index (χ0n) is 6.48. The van der Waals surface area contributed by atoms with Crippen molar-refractivity contribution < 1.29 is 22.6 Å². The Balaban J connectivity index is 2.86. The smallest absolute Gasteiger partial charge is 0.425 e. The Kier molecular flexibility index (Phi) is 2.36. The predicted molar refractivity (Wildman–Crippen MR) is 38.6 cm³/mol. The molecule has 1 aliphatic rings. The monoisotopic (exact) mass is 197 g/mol. The summed E-state index contributed by atoms with van der Waals surface area (Å²) in [7, 11) is 2.86. The quantitative estimate of drug-likeness (QED) is 0.640. The van der Waals surface area contributed by atoms with Crippen LogP contribution in [0.25, 0.3) is 0 Å². The van der Waals surface area contributed by atoms with Crippen LogP contribution >= 0.6 is 0 Å². The SMILES string of the molecule is CN(C)C1(S(=O)O)OC=C(F)O1. The van der Waals surface area contributed by atoms with E-state index in [0.717, 1.165) is 4.90 Å². The van der Waals surface area contributed by atoms with Crippen molar-refractivity contribution in [1.29, 1.82) is 0 Å². The van der Waals surface area contributed by atoms with Gasteiger partial charge in [0.05, 0.1) is 0 Å². The molecule has 1 rings (SSSR count). The van der Waals surface area contributed by atoms with E-state index < -0.39 is 22.3 Å². The standard InChI is InChI=1S/C5H8FNO4S/c1-7(2)5(12(8)9)10-3-4(6)11-5/h3H,1-2H3,(H,8,9). The molecule has 12 heavy (non-hydrogen) atoms. The van der Waals surface area contributed by atoms with E-state index in [9.17, 15) is 8.60 Å². The lowest BCUT2D eigenvalue weighted by Crippen LogP contribution is -2.49. The Morgan fingerprint density at radius 1 is 1.75 bits per heavy atom. The molecule has 7 heteroatoms. The third-order valence-corrected chi connectivity index (χ3v) is 2.28. The summed E-state index contributed by atoms with van der Waals surface area (Å²) in [5, 5.41) is -1.94. The molecule has 1 heterocycles. The van der Waals surface area contributed by atoms with Crippen molar-refractivity contribution in [3.63, 3.8) is 0 Å². The van der Waals surface area contributed by atoms with Crippen LogP contribution in [0.5, 0.6) is 0 Å². The van der Waals surface area contributed by atoms with Crippen LogP contribution in [0.1, 0.15) is 0 Å². The molecule has 0 spiro atoms. The highest BCUT2D eigenvalue weighted by Gasteiger charge is 2.49.